The van der Waals surface area contributed by atoms with Gasteiger partial charge in [0.05, 0.1) is 45.0 Å². The van der Waals surface area contributed by atoms with E-state index in [4.69, 9.17) is 23.7 Å². The molecule has 2 aromatic rings. The maximum atomic E-state index is 12.5. The minimum atomic E-state index is -1.05. The molecular formula is C22H26N2O9. The Labute approximate surface area is 190 Å². The Kier molecular flexibility index (Phi) is 8.84. The average Bonchev–Trinajstić information content (AvgIpc) is 2.81. The third-order valence-corrected chi connectivity index (χ3v) is 4.61. The molecule has 0 spiro atoms. The molecule has 1 N–H and O–H groups in total. The highest BCUT2D eigenvalue weighted by atomic mass is 16.6. The lowest BCUT2D eigenvalue weighted by atomic mass is 10.1. The Morgan fingerprint density at radius 1 is 1.03 bits per heavy atom. The minimum Gasteiger partial charge on any atom is -0.497 e. The molecule has 0 aromatic heterocycles. The Morgan fingerprint density at radius 3 is 2.30 bits per heavy atom. The molecule has 1 unspecified atom stereocenters. The van der Waals surface area contributed by atoms with Gasteiger partial charge in [0, 0.05) is 11.6 Å². The zero-order chi connectivity index (χ0) is 24.5. The van der Waals surface area contributed by atoms with Gasteiger partial charge in [0.1, 0.15) is 17.1 Å². The van der Waals surface area contributed by atoms with Crippen molar-refractivity contribution >= 4 is 17.6 Å². The second kappa shape index (κ2) is 11.6. The summed E-state index contributed by atoms with van der Waals surface area (Å²) < 4.78 is 26.0. The number of nitrogens with zero attached hydrogens (tertiary/aromatic N) is 1. The van der Waals surface area contributed by atoms with E-state index in [2.05, 4.69) is 5.32 Å². The van der Waals surface area contributed by atoms with Crippen LogP contribution in [0.15, 0.2) is 30.3 Å². The minimum absolute atomic E-state index is 0.113. The lowest BCUT2D eigenvalue weighted by Gasteiger charge is -2.18. The first-order valence-electron chi connectivity index (χ1n) is 9.93. The Morgan fingerprint density at radius 2 is 1.73 bits per heavy atom. The van der Waals surface area contributed by atoms with Gasteiger partial charge < -0.3 is 29.0 Å². The summed E-state index contributed by atoms with van der Waals surface area (Å²) >= 11 is 0. The number of carbonyl (C=O) groups excluding carboxylic acids is 2. The average molecular weight is 462 g/mol. The van der Waals surface area contributed by atoms with Crippen molar-refractivity contribution in [1.82, 2.24) is 5.32 Å². The van der Waals surface area contributed by atoms with Crippen molar-refractivity contribution in [2.75, 3.05) is 34.5 Å². The fourth-order valence-electron chi connectivity index (χ4n) is 3.04. The smallest absolute Gasteiger partial charge is 0.345 e. The van der Waals surface area contributed by atoms with Crippen LogP contribution in [0.5, 0.6) is 23.0 Å². The van der Waals surface area contributed by atoms with Gasteiger partial charge in [-0.3, -0.25) is 14.9 Å². The number of nitrogens with one attached hydrogen (secondary N) is 1. The molecule has 2 aromatic carbocycles. The highest BCUT2D eigenvalue weighted by Crippen LogP contribution is 2.35. The highest BCUT2D eigenvalue weighted by Gasteiger charge is 2.26. The van der Waals surface area contributed by atoms with Gasteiger partial charge >= 0.3 is 5.97 Å². The van der Waals surface area contributed by atoms with Crippen LogP contribution in [0.3, 0.4) is 0 Å². The maximum absolute atomic E-state index is 12.5. The molecule has 178 valence electrons. The van der Waals surface area contributed by atoms with Crippen molar-refractivity contribution in [3.8, 4) is 23.0 Å². The van der Waals surface area contributed by atoms with Gasteiger partial charge in [0.15, 0.2) is 18.1 Å². The van der Waals surface area contributed by atoms with Crippen LogP contribution >= 0.6 is 0 Å². The number of hydrogen-bond acceptors (Lipinski definition) is 9. The first-order chi connectivity index (χ1) is 15.7. The van der Waals surface area contributed by atoms with Crippen molar-refractivity contribution in [1.29, 1.82) is 0 Å². The number of esters is 1. The summed E-state index contributed by atoms with van der Waals surface area (Å²) in [5.74, 6) is -0.307. The van der Waals surface area contributed by atoms with E-state index in [0.717, 1.165) is 12.1 Å². The molecule has 1 amide bonds. The summed E-state index contributed by atoms with van der Waals surface area (Å²) in [6, 6.07) is 6.86. The third kappa shape index (κ3) is 6.25. The molecule has 0 fully saturated rings. The maximum Gasteiger partial charge on any atom is 0.345 e. The normalized spacial score (nSPS) is 11.2. The molecule has 0 saturated heterocycles. The molecule has 0 aliphatic rings. The van der Waals surface area contributed by atoms with Gasteiger partial charge in [0.2, 0.25) is 0 Å². The van der Waals surface area contributed by atoms with Crippen molar-refractivity contribution in [2.24, 2.45) is 0 Å². The highest BCUT2D eigenvalue weighted by molar-refractivity contribution is 5.96. The molecule has 11 heteroatoms. The molecule has 11 nitrogen and oxygen atoms in total. The second-order valence-corrected chi connectivity index (χ2v) is 6.68. The van der Waals surface area contributed by atoms with Gasteiger partial charge in [-0.25, -0.2) is 4.79 Å². The predicted molar refractivity (Wildman–Crippen MR) is 117 cm³/mol. The van der Waals surface area contributed by atoms with E-state index in [1.54, 1.807) is 32.0 Å². The number of nitro benzene ring substituents is 1. The number of carbonyl (C=O) groups is 2. The lowest BCUT2D eigenvalue weighted by Crippen LogP contribution is -2.31. The van der Waals surface area contributed by atoms with Crippen LogP contribution in [-0.4, -0.2) is 51.3 Å². The van der Waals surface area contributed by atoms with Crippen molar-refractivity contribution < 1.29 is 38.2 Å². The predicted octanol–water partition coefficient (Wildman–Crippen LogP) is 3.05. The summed E-state index contributed by atoms with van der Waals surface area (Å²) in [5.41, 5.74) is -0.238. The standard InChI is InChI=1S/C22H26N2O9/c1-6-32-20-11-17(24(27)28)16(10-19(20)31-5)22(26)33-12-21(25)23-13(2)15-9-14(29-3)7-8-18(15)30-4/h7-11,13H,6,12H2,1-5H3,(H,23,25). The van der Waals surface area contributed by atoms with Gasteiger partial charge in [-0.1, -0.05) is 0 Å². The van der Waals surface area contributed by atoms with E-state index in [0.29, 0.717) is 17.1 Å². The molecule has 0 heterocycles. The molecule has 2 rings (SSSR count). The summed E-state index contributed by atoms with van der Waals surface area (Å²) in [6.07, 6.45) is 0. The number of ether oxygens (including phenoxy) is 5. The molecular weight excluding hydrogens is 436 g/mol. The van der Waals surface area contributed by atoms with E-state index in [1.165, 1.54) is 21.3 Å². The van der Waals surface area contributed by atoms with Gasteiger partial charge in [-0.05, 0) is 32.0 Å². The van der Waals surface area contributed by atoms with Crippen LogP contribution in [0.2, 0.25) is 0 Å². The lowest BCUT2D eigenvalue weighted by molar-refractivity contribution is -0.385. The molecule has 0 aliphatic heterocycles. The summed E-state index contributed by atoms with van der Waals surface area (Å²) in [7, 11) is 4.35. The summed E-state index contributed by atoms with van der Waals surface area (Å²) in [4.78, 5) is 35.6. The fraction of sp³-hybridized carbons (Fsp3) is 0.364. The first kappa shape index (κ1) is 25.2. The van der Waals surface area contributed by atoms with Crippen molar-refractivity contribution in [3.05, 3.63) is 51.6 Å². The summed E-state index contributed by atoms with van der Waals surface area (Å²) in [5, 5.41) is 14.1. The van der Waals surface area contributed by atoms with E-state index in [1.807, 2.05) is 0 Å². The quantitative estimate of drug-likeness (QED) is 0.303. The largest absolute Gasteiger partial charge is 0.497 e. The second-order valence-electron chi connectivity index (χ2n) is 6.68. The van der Waals surface area contributed by atoms with Gasteiger partial charge in [0.25, 0.3) is 11.6 Å². The molecule has 0 bridgehead atoms. The van der Waals surface area contributed by atoms with E-state index in [-0.39, 0.29) is 23.7 Å². The zero-order valence-electron chi connectivity index (χ0n) is 19.0. The first-order valence-corrected chi connectivity index (χ1v) is 9.93. The number of amides is 1. The van der Waals surface area contributed by atoms with Crippen molar-refractivity contribution in [3.63, 3.8) is 0 Å². The van der Waals surface area contributed by atoms with E-state index < -0.39 is 35.1 Å². The van der Waals surface area contributed by atoms with Crippen LogP contribution in [0.1, 0.15) is 35.8 Å². The third-order valence-electron chi connectivity index (χ3n) is 4.61. The molecule has 1 atom stereocenters. The fourth-order valence-corrected chi connectivity index (χ4v) is 3.04. The van der Waals surface area contributed by atoms with Crippen LogP contribution < -0.4 is 24.3 Å². The molecule has 0 saturated carbocycles. The van der Waals surface area contributed by atoms with E-state index >= 15 is 0 Å². The molecule has 0 radical (unpaired) electrons. The van der Waals surface area contributed by atoms with Crippen LogP contribution in [0, 0.1) is 10.1 Å². The number of nitro groups is 1. The zero-order valence-corrected chi connectivity index (χ0v) is 19.0. The number of methoxy groups -OCH3 is 3. The Bertz CT molecular complexity index is 1020. The van der Waals surface area contributed by atoms with Gasteiger partial charge in [-0.2, -0.15) is 0 Å². The topological polar surface area (TPSA) is 135 Å². The Balaban J connectivity index is 2.13. The van der Waals surface area contributed by atoms with E-state index in [9.17, 15) is 19.7 Å². The molecule has 0 aliphatic carbocycles. The van der Waals surface area contributed by atoms with Crippen LogP contribution in [0.4, 0.5) is 5.69 Å². The Hall–Kier alpha value is -4.02. The summed E-state index contributed by atoms with van der Waals surface area (Å²) in [6.45, 7) is 3.02. The number of benzene rings is 2. The monoisotopic (exact) mass is 462 g/mol. The SMILES string of the molecule is CCOc1cc([N+](=O)[O-])c(C(=O)OCC(=O)NC(C)c2cc(OC)ccc2OC)cc1OC. The number of rotatable bonds is 11. The van der Waals surface area contributed by atoms with Crippen LogP contribution in [0.25, 0.3) is 0 Å². The van der Waals surface area contributed by atoms with Crippen molar-refractivity contribution in [2.45, 2.75) is 19.9 Å². The molecule has 33 heavy (non-hydrogen) atoms. The number of hydrogen-bond donors (Lipinski definition) is 1. The van der Waals surface area contributed by atoms with Gasteiger partial charge in [-0.15, -0.1) is 0 Å². The van der Waals surface area contributed by atoms with Crippen LogP contribution in [-0.2, 0) is 9.53 Å².